The molecule has 2 aliphatic heterocycles. The van der Waals surface area contributed by atoms with Crippen LogP contribution in [0.25, 0.3) is 55.3 Å². The smallest absolute Gasteiger partial charge is 0.0619 e. The molecule has 0 nitrogen and oxygen atoms in total. The van der Waals surface area contributed by atoms with E-state index in [0.29, 0.717) is 0 Å². The average molecular weight is 573 g/mol. The molecule has 204 valence electrons. The minimum absolute atomic E-state index is 1.31. The maximum atomic E-state index is 2.62. The number of benzene rings is 6. The van der Waals surface area contributed by atoms with E-state index >= 15 is 0 Å². The normalized spacial score (nSPS) is 15.3. The summed E-state index contributed by atoms with van der Waals surface area (Å²) in [6, 6.07) is 42.3. The fraction of sp³-hybridized carbons (Fsp3) is 0.150. The summed E-state index contributed by atoms with van der Waals surface area (Å²) in [7, 11) is -3.88. The van der Waals surface area contributed by atoms with Crippen LogP contribution in [-0.4, -0.2) is 16.1 Å². The first-order valence-corrected chi connectivity index (χ1v) is 21.2. The van der Waals surface area contributed by atoms with Crippen LogP contribution in [0.15, 0.2) is 109 Å². The molecule has 2 heteroatoms. The van der Waals surface area contributed by atoms with Gasteiger partial charge in [-0.05, 0) is 89.9 Å². The van der Waals surface area contributed by atoms with Crippen LogP contribution in [0.5, 0.6) is 0 Å². The molecule has 0 atom stereocenters. The first-order chi connectivity index (χ1) is 20.1. The molecule has 0 aliphatic carbocycles. The second-order valence-corrected chi connectivity index (χ2v) is 22.2. The van der Waals surface area contributed by atoms with E-state index < -0.39 is 16.1 Å². The van der Waals surface area contributed by atoms with Crippen molar-refractivity contribution >= 4 is 47.7 Å². The van der Waals surface area contributed by atoms with Gasteiger partial charge in [-0.2, -0.15) is 0 Å². The third-order valence-corrected chi connectivity index (χ3v) is 17.2. The third kappa shape index (κ3) is 3.52. The van der Waals surface area contributed by atoms with Crippen molar-refractivity contribution in [2.45, 2.75) is 40.0 Å². The molecule has 0 fully saturated rings. The molecule has 0 amide bonds. The van der Waals surface area contributed by atoms with E-state index in [1.807, 2.05) is 0 Å². The maximum absolute atomic E-state index is 2.62. The van der Waals surface area contributed by atoms with Crippen molar-refractivity contribution in [1.82, 2.24) is 0 Å². The highest BCUT2D eigenvalue weighted by Gasteiger charge is 2.42. The van der Waals surface area contributed by atoms with Crippen LogP contribution in [0, 0.1) is 13.8 Å². The van der Waals surface area contributed by atoms with E-state index in [4.69, 9.17) is 0 Å². The highest BCUT2D eigenvalue weighted by Crippen LogP contribution is 2.42. The summed E-state index contributed by atoms with van der Waals surface area (Å²) < 4.78 is 0. The summed E-state index contributed by atoms with van der Waals surface area (Å²) >= 11 is 0. The summed E-state index contributed by atoms with van der Waals surface area (Å²) in [5.41, 5.74) is 13.8. The predicted octanol–water partition coefficient (Wildman–Crippen LogP) is 8.40. The van der Waals surface area contributed by atoms with Crippen molar-refractivity contribution < 1.29 is 0 Å². The zero-order chi connectivity index (χ0) is 29.0. The van der Waals surface area contributed by atoms with Crippen molar-refractivity contribution in [3.63, 3.8) is 0 Å². The molecule has 2 heterocycles. The number of fused-ring (bicyclic) bond motifs is 6. The molecule has 0 bridgehead atoms. The lowest BCUT2D eigenvalue weighted by atomic mass is 9.90. The Balaban J connectivity index is 1.38. The van der Waals surface area contributed by atoms with Crippen molar-refractivity contribution in [2.75, 3.05) is 0 Å². The molecular formula is C40H36Si2. The van der Waals surface area contributed by atoms with Gasteiger partial charge in [-0.1, -0.05) is 147 Å². The summed E-state index contributed by atoms with van der Waals surface area (Å²) in [5.74, 6) is 0. The number of hydrogen-bond donors (Lipinski definition) is 0. The number of rotatable bonds is 2. The fourth-order valence-electron chi connectivity index (χ4n) is 7.88. The Morgan fingerprint density at radius 3 is 1.55 bits per heavy atom. The molecule has 8 rings (SSSR count). The van der Waals surface area contributed by atoms with Crippen LogP contribution in [0.1, 0.15) is 11.1 Å². The summed E-state index contributed by atoms with van der Waals surface area (Å²) in [6.07, 6.45) is 0. The van der Waals surface area contributed by atoms with Crippen LogP contribution in [0.3, 0.4) is 0 Å². The Labute approximate surface area is 251 Å². The Hall–Kier alpha value is -3.99. The largest absolute Gasteiger partial charge is 0.113 e. The molecule has 0 radical (unpaired) electrons. The van der Waals surface area contributed by atoms with E-state index in [-0.39, 0.29) is 0 Å². The maximum Gasteiger partial charge on any atom is 0.113 e. The van der Waals surface area contributed by atoms with E-state index in [2.05, 4.69) is 149 Å². The van der Waals surface area contributed by atoms with Crippen molar-refractivity contribution in [3.8, 4) is 44.5 Å². The predicted molar refractivity (Wildman–Crippen MR) is 189 cm³/mol. The van der Waals surface area contributed by atoms with Gasteiger partial charge in [0.15, 0.2) is 0 Å². The van der Waals surface area contributed by atoms with E-state index in [1.54, 1.807) is 20.7 Å². The average Bonchev–Trinajstić information content (AvgIpc) is 3.21. The quantitative estimate of drug-likeness (QED) is 0.183. The lowest BCUT2D eigenvalue weighted by Crippen LogP contribution is -2.56. The molecule has 0 saturated carbocycles. The molecule has 6 aromatic rings. The van der Waals surface area contributed by atoms with E-state index in [1.165, 1.54) is 66.4 Å². The summed E-state index contributed by atoms with van der Waals surface area (Å²) in [5, 5.41) is 9.27. The Morgan fingerprint density at radius 1 is 0.405 bits per heavy atom. The summed E-state index contributed by atoms with van der Waals surface area (Å²) in [4.78, 5) is 0. The lowest BCUT2D eigenvalue weighted by Gasteiger charge is -2.35. The molecule has 6 aromatic carbocycles. The molecule has 0 aromatic heterocycles. The van der Waals surface area contributed by atoms with Crippen LogP contribution < -0.4 is 20.7 Å². The standard InChI is InChI=1S/C40H36Si2/c1-25-10-7-12-27(20-25)29-16-18-31-34-24-38-39(33-14-9-15-35(40(33)34)41(3,4)36(31)22-29)32-19-17-30(23-37(32)42(38,5)6)28-13-8-11-26(2)21-28/h7-24H,1-6H3. The highest BCUT2D eigenvalue weighted by molar-refractivity contribution is 7.05. The zero-order valence-electron chi connectivity index (χ0n) is 25.4. The second kappa shape index (κ2) is 8.76. The third-order valence-electron chi connectivity index (χ3n) is 10.2. The van der Waals surface area contributed by atoms with Gasteiger partial charge in [0.1, 0.15) is 16.1 Å². The van der Waals surface area contributed by atoms with Gasteiger partial charge >= 0.3 is 0 Å². The highest BCUT2D eigenvalue weighted by atomic mass is 28.3. The lowest BCUT2D eigenvalue weighted by molar-refractivity contribution is 1.47. The van der Waals surface area contributed by atoms with Gasteiger partial charge in [0.25, 0.3) is 0 Å². The topological polar surface area (TPSA) is 0 Å². The first-order valence-electron chi connectivity index (χ1n) is 15.2. The molecule has 2 aliphatic rings. The zero-order valence-corrected chi connectivity index (χ0v) is 27.4. The molecular weight excluding hydrogens is 537 g/mol. The number of hydrogen-bond acceptors (Lipinski definition) is 0. The van der Waals surface area contributed by atoms with Crippen molar-refractivity contribution in [3.05, 3.63) is 120 Å². The second-order valence-electron chi connectivity index (χ2n) is 13.6. The van der Waals surface area contributed by atoms with Crippen LogP contribution in [-0.2, 0) is 0 Å². The molecule has 0 saturated heterocycles. The molecule has 42 heavy (non-hydrogen) atoms. The van der Waals surface area contributed by atoms with Gasteiger partial charge in [-0.15, -0.1) is 0 Å². The van der Waals surface area contributed by atoms with Gasteiger partial charge in [-0.25, -0.2) is 0 Å². The minimum atomic E-state index is -1.95. The monoisotopic (exact) mass is 572 g/mol. The van der Waals surface area contributed by atoms with E-state index in [9.17, 15) is 0 Å². The Kier molecular flexibility index (Phi) is 5.36. The Bertz CT molecular complexity index is 2110. The summed E-state index contributed by atoms with van der Waals surface area (Å²) in [6.45, 7) is 14.6. The Morgan fingerprint density at radius 2 is 0.929 bits per heavy atom. The number of aryl methyl sites for hydroxylation is 2. The van der Waals surface area contributed by atoms with Crippen LogP contribution >= 0.6 is 0 Å². The van der Waals surface area contributed by atoms with Gasteiger partial charge in [0.05, 0.1) is 0 Å². The van der Waals surface area contributed by atoms with Crippen molar-refractivity contribution in [2.24, 2.45) is 0 Å². The van der Waals surface area contributed by atoms with Gasteiger partial charge in [0, 0.05) is 0 Å². The van der Waals surface area contributed by atoms with Gasteiger partial charge in [-0.3, -0.25) is 0 Å². The molecule has 0 unspecified atom stereocenters. The van der Waals surface area contributed by atoms with E-state index in [0.717, 1.165) is 0 Å². The molecule has 0 spiro atoms. The van der Waals surface area contributed by atoms with Crippen LogP contribution in [0.4, 0.5) is 0 Å². The van der Waals surface area contributed by atoms with Gasteiger partial charge in [0.2, 0.25) is 0 Å². The van der Waals surface area contributed by atoms with Gasteiger partial charge < -0.3 is 0 Å². The molecule has 0 N–H and O–H groups in total. The SMILES string of the molecule is Cc1cccc(-c2ccc3c(c2)[Si](C)(C)c2cc4c5c(cccc5c2-3)[Si](C)(C)c2cc(-c3cccc(C)c3)ccc2-4)c1. The minimum Gasteiger partial charge on any atom is -0.0619 e. The fourth-order valence-corrected chi connectivity index (χ4v) is 14.1. The van der Waals surface area contributed by atoms with Crippen molar-refractivity contribution in [1.29, 1.82) is 0 Å². The van der Waals surface area contributed by atoms with Crippen LogP contribution in [0.2, 0.25) is 26.2 Å². The first kappa shape index (κ1) is 25.7.